The molecule has 1 heterocycles. The van der Waals surface area contributed by atoms with Crippen LogP contribution < -0.4 is 5.32 Å². The average Bonchev–Trinajstić information content (AvgIpc) is 2.48. The van der Waals surface area contributed by atoms with Gasteiger partial charge in [-0.05, 0) is 31.6 Å². The Kier molecular flexibility index (Phi) is 3.13. The molecule has 82 valence electrons. The predicted molar refractivity (Wildman–Crippen MR) is 60.4 cm³/mol. The normalized spacial score (nSPS) is 45.6. The van der Waals surface area contributed by atoms with Crippen LogP contribution in [0.15, 0.2) is 0 Å². The predicted octanol–water partition coefficient (Wildman–Crippen LogP) is 1.71. The minimum Gasteiger partial charge on any atom is -0.312 e. The molecule has 0 amide bonds. The highest BCUT2D eigenvalue weighted by Gasteiger charge is 2.35. The maximum Gasteiger partial charge on any atom is 0.0167 e. The van der Waals surface area contributed by atoms with Crippen LogP contribution in [0.25, 0.3) is 0 Å². The molecule has 1 saturated carbocycles. The largest absolute Gasteiger partial charge is 0.312 e. The molecule has 2 heteroatoms. The zero-order valence-corrected chi connectivity index (χ0v) is 9.79. The lowest BCUT2D eigenvalue weighted by Crippen LogP contribution is -2.53. The lowest BCUT2D eigenvalue weighted by molar-refractivity contribution is 0.119. The van der Waals surface area contributed by atoms with Crippen LogP contribution in [0.5, 0.6) is 0 Å². The second-order valence-electron chi connectivity index (χ2n) is 5.33. The van der Waals surface area contributed by atoms with Gasteiger partial charge in [-0.2, -0.15) is 0 Å². The van der Waals surface area contributed by atoms with E-state index in [2.05, 4.69) is 31.0 Å². The van der Waals surface area contributed by atoms with Crippen LogP contribution in [0, 0.1) is 11.8 Å². The van der Waals surface area contributed by atoms with Crippen molar-refractivity contribution < 1.29 is 0 Å². The lowest BCUT2D eigenvalue weighted by Gasteiger charge is -2.38. The minimum absolute atomic E-state index is 0.687. The van der Waals surface area contributed by atoms with Crippen LogP contribution >= 0.6 is 0 Å². The minimum atomic E-state index is 0.687. The maximum atomic E-state index is 3.52. The van der Waals surface area contributed by atoms with E-state index in [0.29, 0.717) is 6.04 Å². The molecule has 2 aliphatic rings. The van der Waals surface area contributed by atoms with Crippen molar-refractivity contribution in [2.24, 2.45) is 11.8 Å². The second kappa shape index (κ2) is 4.19. The first-order chi connectivity index (χ1) is 6.68. The molecule has 2 rings (SSSR count). The number of hydrogen-bond donors (Lipinski definition) is 1. The van der Waals surface area contributed by atoms with Gasteiger partial charge in [0.25, 0.3) is 0 Å². The quantitative estimate of drug-likeness (QED) is 0.687. The van der Waals surface area contributed by atoms with Crippen LogP contribution in [0.4, 0.5) is 0 Å². The first-order valence-electron chi connectivity index (χ1n) is 6.16. The smallest absolute Gasteiger partial charge is 0.0167 e. The Labute approximate surface area is 88.1 Å². The van der Waals surface area contributed by atoms with Gasteiger partial charge >= 0.3 is 0 Å². The molecule has 4 atom stereocenters. The molecule has 1 aliphatic carbocycles. The molecule has 0 aromatic rings. The Morgan fingerprint density at radius 1 is 1.14 bits per heavy atom. The van der Waals surface area contributed by atoms with E-state index < -0.39 is 0 Å². The zero-order chi connectivity index (χ0) is 10.1. The Hall–Kier alpha value is -0.0800. The molecule has 4 unspecified atom stereocenters. The van der Waals surface area contributed by atoms with E-state index in [1.54, 1.807) is 0 Å². The Balaban J connectivity index is 1.94. The topological polar surface area (TPSA) is 15.3 Å². The van der Waals surface area contributed by atoms with Crippen LogP contribution in [-0.2, 0) is 0 Å². The van der Waals surface area contributed by atoms with Gasteiger partial charge in [-0.15, -0.1) is 0 Å². The Bertz CT molecular complexity index is 193. The summed E-state index contributed by atoms with van der Waals surface area (Å²) in [5, 5.41) is 3.52. The standard InChI is InChI=1S/C12H24N2/c1-9-4-5-12(11(9)3)14-7-6-13-10(2)8-14/h9-13H,4-8H2,1-3H3. The molecular weight excluding hydrogens is 172 g/mol. The summed E-state index contributed by atoms with van der Waals surface area (Å²) in [5.74, 6) is 1.84. The van der Waals surface area contributed by atoms with Gasteiger partial charge in [-0.25, -0.2) is 0 Å². The van der Waals surface area contributed by atoms with Gasteiger partial charge in [-0.1, -0.05) is 13.8 Å². The summed E-state index contributed by atoms with van der Waals surface area (Å²) in [6, 6.07) is 1.56. The van der Waals surface area contributed by atoms with Gasteiger partial charge in [0.2, 0.25) is 0 Å². The molecule has 1 aliphatic heterocycles. The van der Waals surface area contributed by atoms with Crippen molar-refractivity contribution in [3.63, 3.8) is 0 Å². The third-order valence-electron chi connectivity index (χ3n) is 4.29. The molecule has 1 N–H and O–H groups in total. The molecule has 0 spiro atoms. The summed E-state index contributed by atoms with van der Waals surface area (Å²) in [5.41, 5.74) is 0. The molecular formula is C12H24N2. The first-order valence-corrected chi connectivity index (χ1v) is 6.16. The maximum absolute atomic E-state index is 3.52. The SMILES string of the molecule is CC1CN(C2CCC(C)C2C)CCN1. The van der Waals surface area contributed by atoms with Gasteiger partial charge in [0.15, 0.2) is 0 Å². The van der Waals surface area contributed by atoms with Gasteiger partial charge < -0.3 is 5.32 Å². The van der Waals surface area contributed by atoms with Crippen LogP contribution in [-0.4, -0.2) is 36.6 Å². The summed E-state index contributed by atoms with van der Waals surface area (Å²) >= 11 is 0. The summed E-state index contributed by atoms with van der Waals surface area (Å²) < 4.78 is 0. The Morgan fingerprint density at radius 2 is 1.93 bits per heavy atom. The van der Waals surface area contributed by atoms with E-state index in [1.807, 2.05) is 0 Å². The van der Waals surface area contributed by atoms with Crippen molar-refractivity contribution >= 4 is 0 Å². The molecule has 1 saturated heterocycles. The number of rotatable bonds is 1. The van der Waals surface area contributed by atoms with E-state index in [-0.39, 0.29) is 0 Å². The van der Waals surface area contributed by atoms with Crippen LogP contribution in [0.2, 0.25) is 0 Å². The second-order valence-corrected chi connectivity index (χ2v) is 5.33. The third-order valence-corrected chi connectivity index (χ3v) is 4.29. The zero-order valence-electron chi connectivity index (χ0n) is 9.79. The fourth-order valence-corrected chi connectivity index (χ4v) is 3.12. The summed E-state index contributed by atoms with van der Waals surface area (Å²) in [6.07, 6.45) is 2.86. The lowest BCUT2D eigenvalue weighted by atomic mass is 9.96. The molecule has 2 fully saturated rings. The van der Waals surface area contributed by atoms with Crippen molar-refractivity contribution in [3.8, 4) is 0 Å². The van der Waals surface area contributed by atoms with E-state index in [9.17, 15) is 0 Å². The van der Waals surface area contributed by atoms with Crippen molar-refractivity contribution in [1.29, 1.82) is 0 Å². The fraction of sp³-hybridized carbons (Fsp3) is 1.00. The number of piperazine rings is 1. The number of hydrogen-bond acceptors (Lipinski definition) is 2. The van der Waals surface area contributed by atoms with Crippen molar-refractivity contribution in [2.45, 2.75) is 45.7 Å². The van der Waals surface area contributed by atoms with E-state index in [0.717, 1.165) is 17.9 Å². The highest BCUT2D eigenvalue weighted by Crippen LogP contribution is 2.34. The van der Waals surface area contributed by atoms with Crippen molar-refractivity contribution in [1.82, 2.24) is 10.2 Å². The van der Waals surface area contributed by atoms with Crippen LogP contribution in [0.1, 0.15) is 33.6 Å². The van der Waals surface area contributed by atoms with Gasteiger partial charge in [0, 0.05) is 31.7 Å². The highest BCUT2D eigenvalue weighted by molar-refractivity contribution is 4.90. The summed E-state index contributed by atoms with van der Waals surface area (Å²) in [4.78, 5) is 2.72. The molecule has 2 nitrogen and oxygen atoms in total. The molecule has 0 bridgehead atoms. The fourth-order valence-electron chi connectivity index (χ4n) is 3.12. The van der Waals surface area contributed by atoms with Crippen molar-refractivity contribution in [3.05, 3.63) is 0 Å². The van der Waals surface area contributed by atoms with E-state index in [1.165, 1.54) is 32.5 Å². The molecule has 0 aromatic heterocycles. The molecule has 0 radical (unpaired) electrons. The van der Waals surface area contributed by atoms with E-state index in [4.69, 9.17) is 0 Å². The number of nitrogens with zero attached hydrogens (tertiary/aromatic N) is 1. The van der Waals surface area contributed by atoms with E-state index >= 15 is 0 Å². The van der Waals surface area contributed by atoms with Crippen LogP contribution in [0.3, 0.4) is 0 Å². The number of nitrogens with one attached hydrogen (secondary N) is 1. The van der Waals surface area contributed by atoms with Gasteiger partial charge in [0.05, 0.1) is 0 Å². The van der Waals surface area contributed by atoms with Crippen molar-refractivity contribution in [2.75, 3.05) is 19.6 Å². The third kappa shape index (κ3) is 1.96. The van der Waals surface area contributed by atoms with Gasteiger partial charge in [-0.3, -0.25) is 4.90 Å². The Morgan fingerprint density at radius 3 is 2.50 bits per heavy atom. The molecule has 14 heavy (non-hydrogen) atoms. The molecule has 0 aromatic carbocycles. The first kappa shape index (κ1) is 10.4. The highest BCUT2D eigenvalue weighted by atomic mass is 15.2. The summed E-state index contributed by atoms with van der Waals surface area (Å²) in [6.45, 7) is 10.8. The monoisotopic (exact) mass is 196 g/mol. The average molecular weight is 196 g/mol. The summed E-state index contributed by atoms with van der Waals surface area (Å²) in [7, 11) is 0. The van der Waals surface area contributed by atoms with Gasteiger partial charge in [0.1, 0.15) is 0 Å².